The van der Waals surface area contributed by atoms with Crippen molar-refractivity contribution in [3.05, 3.63) is 48.5 Å². The number of hydrogen-bond donors (Lipinski definition) is 1. The number of benzene rings is 2. The third kappa shape index (κ3) is 5.54. The molecule has 1 amide bonds. The molecule has 0 radical (unpaired) electrons. The van der Waals surface area contributed by atoms with Crippen LogP contribution in [0, 0.1) is 0 Å². The van der Waals surface area contributed by atoms with Crippen LogP contribution in [0.2, 0.25) is 0 Å². The van der Waals surface area contributed by atoms with Crippen LogP contribution in [-0.2, 0) is 4.79 Å². The highest BCUT2D eigenvalue weighted by Crippen LogP contribution is 2.18. The zero-order valence-electron chi connectivity index (χ0n) is 13.4. The van der Waals surface area contributed by atoms with E-state index in [-0.39, 0.29) is 12.5 Å². The van der Waals surface area contributed by atoms with Gasteiger partial charge in [0.05, 0.1) is 13.7 Å². The fourth-order valence-corrected chi connectivity index (χ4v) is 1.90. The lowest BCUT2D eigenvalue weighted by Crippen LogP contribution is -2.20. The van der Waals surface area contributed by atoms with E-state index in [4.69, 9.17) is 14.2 Å². The molecule has 0 aliphatic heterocycles. The van der Waals surface area contributed by atoms with Crippen molar-refractivity contribution in [3.8, 4) is 17.2 Å². The standard InChI is InChI=1S/C18H21NO4/c1-3-11-22-15-7-9-16(10-8-15)23-13-18(20)19-14-5-4-6-17(12-14)21-2/h4-10,12H,3,11,13H2,1-2H3,(H,19,20). The Labute approximate surface area is 136 Å². The summed E-state index contributed by atoms with van der Waals surface area (Å²) in [7, 11) is 1.58. The largest absolute Gasteiger partial charge is 0.497 e. The lowest BCUT2D eigenvalue weighted by Gasteiger charge is -2.09. The second-order valence-corrected chi connectivity index (χ2v) is 4.89. The molecule has 1 N–H and O–H groups in total. The van der Waals surface area contributed by atoms with Crippen LogP contribution < -0.4 is 19.5 Å². The van der Waals surface area contributed by atoms with Crippen molar-refractivity contribution in [2.45, 2.75) is 13.3 Å². The highest BCUT2D eigenvalue weighted by Gasteiger charge is 2.05. The number of methoxy groups -OCH3 is 1. The maximum absolute atomic E-state index is 11.9. The van der Waals surface area contributed by atoms with E-state index >= 15 is 0 Å². The van der Waals surface area contributed by atoms with Gasteiger partial charge in [0.25, 0.3) is 5.91 Å². The first-order valence-corrected chi connectivity index (χ1v) is 7.51. The van der Waals surface area contributed by atoms with Gasteiger partial charge in [-0.05, 0) is 42.8 Å². The van der Waals surface area contributed by atoms with Crippen molar-refractivity contribution >= 4 is 11.6 Å². The van der Waals surface area contributed by atoms with Crippen LogP contribution in [0.15, 0.2) is 48.5 Å². The number of hydrogen-bond acceptors (Lipinski definition) is 4. The number of anilines is 1. The number of ether oxygens (including phenoxy) is 3. The van der Waals surface area contributed by atoms with Crippen LogP contribution in [0.4, 0.5) is 5.69 Å². The molecule has 0 heterocycles. The van der Waals surface area contributed by atoms with Gasteiger partial charge in [0.15, 0.2) is 6.61 Å². The van der Waals surface area contributed by atoms with Gasteiger partial charge in [0.2, 0.25) is 0 Å². The van der Waals surface area contributed by atoms with Gasteiger partial charge < -0.3 is 19.5 Å². The van der Waals surface area contributed by atoms with Gasteiger partial charge in [0.1, 0.15) is 17.2 Å². The van der Waals surface area contributed by atoms with Crippen LogP contribution >= 0.6 is 0 Å². The average molecular weight is 315 g/mol. The third-order valence-corrected chi connectivity index (χ3v) is 3.02. The maximum Gasteiger partial charge on any atom is 0.262 e. The zero-order valence-corrected chi connectivity index (χ0v) is 13.4. The lowest BCUT2D eigenvalue weighted by molar-refractivity contribution is -0.118. The summed E-state index contributed by atoms with van der Waals surface area (Å²) in [6.45, 7) is 2.67. The monoisotopic (exact) mass is 315 g/mol. The average Bonchev–Trinajstić information content (AvgIpc) is 2.59. The van der Waals surface area contributed by atoms with Crippen molar-refractivity contribution in [1.29, 1.82) is 0 Å². The first kappa shape index (κ1) is 16.7. The van der Waals surface area contributed by atoms with Gasteiger partial charge in [-0.3, -0.25) is 4.79 Å². The van der Waals surface area contributed by atoms with Crippen LogP contribution in [0.5, 0.6) is 17.2 Å². The van der Waals surface area contributed by atoms with Crippen LogP contribution in [-0.4, -0.2) is 26.2 Å². The Morgan fingerprint density at radius 1 is 1.00 bits per heavy atom. The van der Waals surface area contributed by atoms with E-state index in [0.29, 0.717) is 23.8 Å². The molecule has 2 rings (SSSR count). The minimum absolute atomic E-state index is 0.0631. The first-order chi connectivity index (χ1) is 11.2. The Hall–Kier alpha value is -2.69. The zero-order chi connectivity index (χ0) is 16.5. The Balaban J connectivity index is 1.81. The summed E-state index contributed by atoms with van der Waals surface area (Å²) in [4.78, 5) is 11.9. The molecule has 0 saturated heterocycles. The Morgan fingerprint density at radius 2 is 1.70 bits per heavy atom. The van der Waals surface area contributed by atoms with Gasteiger partial charge >= 0.3 is 0 Å². The summed E-state index contributed by atoms with van der Waals surface area (Å²) in [5.74, 6) is 1.87. The fraction of sp³-hybridized carbons (Fsp3) is 0.278. The fourth-order valence-electron chi connectivity index (χ4n) is 1.90. The predicted molar refractivity (Wildman–Crippen MR) is 89.3 cm³/mol. The molecule has 0 saturated carbocycles. The van der Waals surface area contributed by atoms with Crippen molar-refractivity contribution in [3.63, 3.8) is 0 Å². The SMILES string of the molecule is CCCOc1ccc(OCC(=O)Nc2cccc(OC)c2)cc1. The van der Waals surface area contributed by atoms with Gasteiger partial charge in [-0.15, -0.1) is 0 Å². The summed E-state index contributed by atoms with van der Waals surface area (Å²) in [5.41, 5.74) is 0.668. The highest BCUT2D eigenvalue weighted by molar-refractivity contribution is 5.92. The van der Waals surface area contributed by atoms with Crippen LogP contribution in [0.3, 0.4) is 0 Å². The Morgan fingerprint density at radius 3 is 2.35 bits per heavy atom. The lowest BCUT2D eigenvalue weighted by atomic mass is 10.3. The van der Waals surface area contributed by atoms with Crippen LogP contribution in [0.1, 0.15) is 13.3 Å². The molecular weight excluding hydrogens is 294 g/mol. The predicted octanol–water partition coefficient (Wildman–Crippen LogP) is 3.50. The number of amides is 1. The second kappa shape index (κ2) is 8.68. The normalized spacial score (nSPS) is 10.0. The molecule has 0 aliphatic rings. The molecule has 5 heteroatoms. The van der Waals surface area contributed by atoms with E-state index in [2.05, 4.69) is 12.2 Å². The van der Waals surface area contributed by atoms with E-state index in [1.54, 1.807) is 31.4 Å². The molecule has 0 atom stereocenters. The molecule has 0 aromatic heterocycles. The van der Waals surface area contributed by atoms with E-state index in [1.807, 2.05) is 24.3 Å². The number of nitrogens with one attached hydrogen (secondary N) is 1. The summed E-state index contributed by atoms with van der Waals surface area (Å²) in [6.07, 6.45) is 0.961. The summed E-state index contributed by atoms with van der Waals surface area (Å²) >= 11 is 0. The van der Waals surface area contributed by atoms with Crippen molar-refractivity contribution in [2.24, 2.45) is 0 Å². The summed E-state index contributed by atoms with van der Waals surface area (Å²) < 4.78 is 16.1. The van der Waals surface area contributed by atoms with Gasteiger partial charge in [-0.1, -0.05) is 13.0 Å². The Kier molecular flexibility index (Phi) is 6.29. The van der Waals surface area contributed by atoms with Gasteiger partial charge in [-0.25, -0.2) is 0 Å². The van der Waals surface area contributed by atoms with E-state index in [1.165, 1.54) is 0 Å². The second-order valence-electron chi connectivity index (χ2n) is 4.89. The summed E-state index contributed by atoms with van der Waals surface area (Å²) in [5, 5.41) is 2.76. The van der Waals surface area contributed by atoms with Crippen LogP contribution in [0.25, 0.3) is 0 Å². The third-order valence-electron chi connectivity index (χ3n) is 3.02. The van der Waals surface area contributed by atoms with Gasteiger partial charge in [-0.2, -0.15) is 0 Å². The Bertz CT molecular complexity index is 625. The highest BCUT2D eigenvalue weighted by atomic mass is 16.5. The minimum Gasteiger partial charge on any atom is -0.497 e. The molecule has 2 aromatic rings. The minimum atomic E-state index is -0.232. The van der Waals surface area contributed by atoms with E-state index in [9.17, 15) is 4.79 Å². The topological polar surface area (TPSA) is 56.8 Å². The van der Waals surface area contributed by atoms with Crippen molar-refractivity contribution in [1.82, 2.24) is 0 Å². The van der Waals surface area contributed by atoms with E-state index < -0.39 is 0 Å². The number of carbonyl (C=O) groups excluding carboxylic acids is 1. The molecule has 122 valence electrons. The van der Waals surface area contributed by atoms with E-state index in [0.717, 1.165) is 12.2 Å². The molecule has 0 bridgehead atoms. The number of carbonyl (C=O) groups is 1. The van der Waals surface area contributed by atoms with Crippen molar-refractivity contribution in [2.75, 3.05) is 25.6 Å². The molecule has 0 spiro atoms. The molecular formula is C18H21NO4. The molecule has 23 heavy (non-hydrogen) atoms. The summed E-state index contributed by atoms with van der Waals surface area (Å²) in [6, 6.07) is 14.4. The first-order valence-electron chi connectivity index (χ1n) is 7.51. The van der Waals surface area contributed by atoms with Crippen molar-refractivity contribution < 1.29 is 19.0 Å². The maximum atomic E-state index is 11.9. The quantitative estimate of drug-likeness (QED) is 0.810. The number of rotatable bonds is 8. The molecule has 5 nitrogen and oxygen atoms in total. The molecule has 2 aromatic carbocycles. The smallest absolute Gasteiger partial charge is 0.262 e. The van der Waals surface area contributed by atoms with Gasteiger partial charge in [0, 0.05) is 11.8 Å². The molecule has 0 unspecified atom stereocenters. The molecule has 0 aliphatic carbocycles. The molecule has 0 fully saturated rings.